The van der Waals surface area contributed by atoms with Crippen molar-refractivity contribution in [2.24, 2.45) is 0 Å². The number of rotatable bonds is 3. The van der Waals surface area contributed by atoms with Crippen molar-refractivity contribution < 1.29 is 9.21 Å². The highest BCUT2D eigenvalue weighted by atomic mass is 35.5. The molecular weight excluding hydrogens is 430 g/mol. The molecule has 0 aliphatic heterocycles. The van der Waals surface area contributed by atoms with Crippen LogP contribution in [-0.2, 0) is 0 Å². The maximum Gasteiger partial charge on any atom is 0.257 e. The molecule has 0 aliphatic rings. The summed E-state index contributed by atoms with van der Waals surface area (Å²) in [6, 6.07) is 16.7. The minimum atomic E-state index is -0.265. The highest BCUT2D eigenvalue weighted by Crippen LogP contribution is 2.32. The van der Waals surface area contributed by atoms with E-state index in [0.717, 1.165) is 22.2 Å². The van der Waals surface area contributed by atoms with E-state index in [2.05, 4.69) is 15.6 Å². The first-order valence-corrected chi connectivity index (χ1v) is 10.5. The minimum absolute atomic E-state index is 0.187. The van der Waals surface area contributed by atoms with Crippen molar-refractivity contribution in [1.29, 1.82) is 0 Å². The van der Waals surface area contributed by atoms with Crippen molar-refractivity contribution >= 4 is 51.6 Å². The Morgan fingerprint density at radius 1 is 1.00 bits per heavy atom. The van der Waals surface area contributed by atoms with E-state index >= 15 is 0 Å². The number of nitrogens with zero attached hydrogens (tertiary/aromatic N) is 1. The Hall–Kier alpha value is -3.22. The number of thiocarbonyl (C=S) groups is 1. The molecule has 4 aromatic rings. The molecular formula is C24H20ClN3O2S. The normalized spacial score (nSPS) is 10.8. The summed E-state index contributed by atoms with van der Waals surface area (Å²) in [4.78, 5) is 17.1. The number of aromatic nitrogens is 1. The quantitative estimate of drug-likeness (QED) is 0.364. The zero-order valence-corrected chi connectivity index (χ0v) is 18.8. The van der Waals surface area contributed by atoms with Gasteiger partial charge in [-0.05, 0) is 80.5 Å². The maximum absolute atomic E-state index is 12.6. The highest BCUT2D eigenvalue weighted by molar-refractivity contribution is 7.80. The molecule has 0 fully saturated rings. The molecule has 156 valence electrons. The summed E-state index contributed by atoms with van der Waals surface area (Å²) in [7, 11) is 0. The third kappa shape index (κ3) is 4.60. The number of benzene rings is 3. The molecule has 3 aromatic carbocycles. The van der Waals surface area contributed by atoms with Crippen LogP contribution in [0.3, 0.4) is 0 Å². The smallest absolute Gasteiger partial charge is 0.257 e. The van der Waals surface area contributed by atoms with Crippen molar-refractivity contribution in [3.05, 3.63) is 81.9 Å². The Morgan fingerprint density at radius 2 is 1.74 bits per heavy atom. The second kappa shape index (κ2) is 8.49. The number of hydrogen-bond donors (Lipinski definition) is 2. The van der Waals surface area contributed by atoms with E-state index in [1.165, 1.54) is 0 Å². The topological polar surface area (TPSA) is 67.2 Å². The van der Waals surface area contributed by atoms with Gasteiger partial charge in [0.2, 0.25) is 5.89 Å². The molecule has 0 saturated heterocycles. The molecule has 5 nitrogen and oxygen atoms in total. The van der Waals surface area contributed by atoms with Crippen molar-refractivity contribution in [2.45, 2.75) is 20.8 Å². The van der Waals surface area contributed by atoms with Crippen LogP contribution in [0.25, 0.3) is 22.6 Å². The zero-order chi connectivity index (χ0) is 22.1. The van der Waals surface area contributed by atoms with Gasteiger partial charge in [-0.1, -0.05) is 35.4 Å². The monoisotopic (exact) mass is 449 g/mol. The third-order valence-electron chi connectivity index (χ3n) is 4.85. The van der Waals surface area contributed by atoms with Gasteiger partial charge in [0.1, 0.15) is 5.52 Å². The lowest BCUT2D eigenvalue weighted by Gasteiger charge is -2.12. The molecule has 1 amide bonds. The van der Waals surface area contributed by atoms with E-state index < -0.39 is 0 Å². The summed E-state index contributed by atoms with van der Waals surface area (Å²) in [6.07, 6.45) is 0. The Kier molecular flexibility index (Phi) is 5.76. The minimum Gasteiger partial charge on any atom is -0.436 e. The number of hydrogen-bond acceptors (Lipinski definition) is 4. The number of anilines is 1. The van der Waals surface area contributed by atoms with E-state index in [4.69, 9.17) is 28.2 Å². The van der Waals surface area contributed by atoms with Crippen LogP contribution >= 0.6 is 23.8 Å². The second-order valence-corrected chi connectivity index (χ2v) is 8.23. The number of amides is 1. The average molecular weight is 450 g/mol. The number of carbonyl (C=O) groups excluding carboxylic acids is 1. The SMILES string of the molecule is Cc1ccc(C(=O)NC(=S)Nc2ccc(Cl)c(-c3nc4ccc(C)cc4o3)c2)c(C)c1. The summed E-state index contributed by atoms with van der Waals surface area (Å²) in [5, 5.41) is 6.43. The molecule has 0 atom stereocenters. The second-order valence-electron chi connectivity index (χ2n) is 7.41. The molecule has 2 N–H and O–H groups in total. The Labute approximate surface area is 190 Å². The highest BCUT2D eigenvalue weighted by Gasteiger charge is 2.15. The fourth-order valence-corrected chi connectivity index (χ4v) is 3.72. The van der Waals surface area contributed by atoms with Crippen LogP contribution in [0, 0.1) is 20.8 Å². The maximum atomic E-state index is 12.6. The van der Waals surface area contributed by atoms with Crippen molar-refractivity contribution in [3.8, 4) is 11.5 Å². The summed E-state index contributed by atoms with van der Waals surface area (Å²) >= 11 is 11.7. The third-order valence-corrected chi connectivity index (χ3v) is 5.39. The molecule has 0 saturated carbocycles. The molecule has 1 heterocycles. The van der Waals surface area contributed by atoms with E-state index in [1.54, 1.807) is 24.3 Å². The number of carbonyl (C=O) groups is 1. The van der Waals surface area contributed by atoms with Gasteiger partial charge >= 0.3 is 0 Å². The van der Waals surface area contributed by atoms with Crippen LogP contribution in [-0.4, -0.2) is 16.0 Å². The summed E-state index contributed by atoms with van der Waals surface area (Å²) in [5.41, 5.74) is 6.38. The first-order valence-electron chi connectivity index (χ1n) is 9.67. The van der Waals surface area contributed by atoms with Crippen LogP contribution in [0.15, 0.2) is 59.0 Å². The number of nitrogens with one attached hydrogen (secondary N) is 2. The Morgan fingerprint density at radius 3 is 2.52 bits per heavy atom. The van der Waals surface area contributed by atoms with Crippen LogP contribution in [0.4, 0.5) is 5.69 Å². The first-order chi connectivity index (χ1) is 14.8. The van der Waals surface area contributed by atoms with Gasteiger partial charge in [0.05, 0.1) is 10.6 Å². The molecule has 1 aromatic heterocycles. The number of halogens is 1. The number of aryl methyl sites for hydroxylation is 3. The van der Waals surface area contributed by atoms with Gasteiger partial charge in [0, 0.05) is 11.3 Å². The van der Waals surface area contributed by atoms with E-state index in [0.29, 0.717) is 33.3 Å². The lowest BCUT2D eigenvalue weighted by molar-refractivity contribution is 0.0977. The Balaban J connectivity index is 1.53. The van der Waals surface area contributed by atoms with Gasteiger partial charge in [0.15, 0.2) is 10.7 Å². The number of oxazole rings is 1. The summed E-state index contributed by atoms with van der Waals surface area (Å²) in [5.74, 6) is 0.151. The van der Waals surface area contributed by atoms with Gasteiger partial charge in [-0.2, -0.15) is 0 Å². The lowest BCUT2D eigenvalue weighted by atomic mass is 10.1. The molecule has 0 radical (unpaired) electrons. The molecule has 4 rings (SSSR count). The molecule has 0 bridgehead atoms. The fraction of sp³-hybridized carbons (Fsp3) is 0.125. The molecule has 7 heteroatoms. The van der Waals surface area contributed by atoms with Crippen molar-refractivity contribution in [3.63, 3.8) is 0 Å². The number of fused-ring (bicyclic) bond motifs is 1. The van der Waals surface area contributed by atoms with Gasteiger partial charge in [-0.15, -0.1) is 0 Å². The predicted octanol–water partition coefficient (Wildman–Crippen LogP) is 6.20. The van der Waals surface area contributed by atoms with Gasteiger partial charge in [-0.25, -0.2) is 4.98 Å². The lowest BCUT2D eigenvalue weighted by Crippen LogP contribution is -2.34. The van der Waals surface area contributed by atoms with Gasteiger partial charge in [0.25, 0.3) is 5.91 Å². The first kappa shape index (κ1) is 21.0. The standard InChI is InChI=1S/C24H20ClN3O2S/c1-13-4-7-17(15(3)10-13)22(29)28-24(31)26-16-6-8-19(25)18(12-16)23-27-20-9-5-14(2)11-21(20)30-23/h4-12H,1-3H3,(H2,26,28,29,31). The van der Waals surface area contributed by atoms with E-state index in [-0.39, 0.29) is 11.0 Å². The van der Waals surface area contributed by atoms with Crippen molar-refractivity contribution in [1.82, 2.24) is 10.3 Å². The molecule has 31 heavy (non-hydrogen) atoms. The van der Waals surface area contributed by atoms with Gasteiger partial charge < -0.3 is 9.73 Å². The van der Waals surface area contributed by atoms with Crippen LogP contribution in [0.2, 0.25) is 5.02 Å². The fourth-order valence-electron chi connectivity index (χ4n) is 3.32. The van der Waals surface area contributed by atoms with Gasteiger partial charge in [-0.3, -0.25) is 10.1 Å². The predicted molar refractivity (Wildman–Crippen MR) is 129 cm³/mol. The molecule has 0 spiro atoms. The van der Waals surface area contributed by atoms with Crippen LogP contribution < -0.4 is 10.6 Å². The largest absolute Gasteiger partial charge is 0.436 e. The average Bonchev–Trinajstić information content (AvgIpc) is 3.12. The van der Waals surface area contributed by atoms with E-state index in [1.807, 2.05) is 51.1 Å². The zero-order valence-electron chi connectivity index (χ0n) is 17.2. The summed E-state index contributed by atoms with van der Waals surface area (Å²) in [6.45, 7) is 5.87. The molecule has 0 unspecified atom stereocenters. The van der Waals surface area contributed by atoms with Crippen LogP contribution in [0.1, 0.15) is 27.0 Å². The van der Waals surface area contributed by atoms with Crippen LogP contribution in [0.5, 0.6) is 0 Å². The van der Waals surface area contributed by atoms with Crippen molar-refractivity contribution in [2.75, 3.05) is 5.32 Å². The Bertz CT molecular complexity index is 1330. The van der Waals surface area contributed by atoms with E-state index in [9.17, 15) is 4.79 Å². The molecule has 0 aliphatic carbocycles. The summed E-state index contributed by atoms with van der Waals surface area (Å²) < 4.78 is 5.89.